The average Bonchev–Trinajstić information content (AvgIpc) is 3.01. The van der Waals surface area contributed by atoms with Gasteiger partial charge in [0.05, 0.1) is 11.4 Å². The Hall–Kier alpha value is -1.95. The van der Waals surface area contributed by atoms with E-state index in [9.17, 15) is 14.7 Å². The molecule has 0 bridgehead atoms. The van der Waals surface area contributed by atoms with E-state index in [-0.39, 0.29) is 5.91 Å². The molecular formula is C14H14N2O3S. The summed E-state index contributed by atoms with van der Waals surface area (Å²) in [6.07, 6.45) is 0. The maximum absolute atomic E-state index is 12.7. The normalized spacial score (nSPS) is 18.6. The SMILES string of the molecule is Cc1[nH]c2ccccc2c1C(=O)N1CSCC1C(=O)O. The Morgan fingerprint density at radius 1 is 1.40 bits per heavy atom. The molecule has 1 amide bonds. The molecule has 5 nitrogen and oxygen atoms in total. The molecule has 1 aromatic heterocycles. The minimum atomic E-state index is -0.944. The Morgan fingerprint density at radius 2 is 2.15 bits per heavy atom. The Balaban J connectivity index is 2.04. The zero-order valence-electron chi connectivity index (χ0n) is 10.9. The van der Waals surface area contributed by atoms with Crippen LogP contribution in [0.3, 0.4) is 0 Å². The highest BCUT2D eigenvalue weighted by atomic mass is 32.2. The van der Waals surface area contributed by atoms with Crippen molar-refractivity contribution in [2.75, 3.05) is 11.6 Å². The summed E-state index contributed by atoms with van der Waals surface area (Å²) in [5.74, 6) is -0.282. The summed E-state index contributed by atoms with van der Waals surface area (Å²) < 4.78 is 0. The van der Waals surface area contributed by atoms with Crippen molar-refractivity contribution >= 4 is 34.5 Å². The number of carboxylic acid groups (broad SMARTS) is 1. The van der Waals surface area contributed by atoms with E-state index in [2.05, 4.69) is 4.98 Å². The number of para-hydroxylation sites is 1. The fourth-order valence-corrected chi connectivity index (χ4v) is 3.69. The number of aromatic amines is 1. The molecule has 1 atom stereocenters. The van der Waals surface area contributed by atoms with Gasteiger partial charge in [0.2, 0.25) is 0 Å². The lowest BCUT2D eigenvalue weighted by Crippen LogP contribution is -2.41. The van der Waals surface area contributed by atoms with E-state index >= 15 is 0 Å². The summed E-state index contributed by atoms with van der Waals surface area (Å²) in [6.45, 7) is 1.84. The van der Waals surface area contributed by atoms with Gasteiger partial charge in [-0.2, -0.15) is 0 Å². The first kappa shape index (κ1) is 13.1. The summed E-state index contributed by atoms with van der Waals surface area (Å²) in [5, 5.41) is 10.0. The molecule has 3 rings (SSSR count). The highest BCUT2D eigenvalue weighted by Gasteiger charge is 2.36. The van der Waals surface area contributed by atoms with Crippen molar-refractivity contribution in [2.24, 2.45) is 0 Å². The van der Waals surface area contributed by atoms with Gasteiger partial charge in [0.25, 0.3) is 5.91 Å². The van der Waals surface area contributed by atoms with E-state index in [4.69, 9.17) is 0 Å². The van der Waals surface area contributed by atoms with Crippen LogP contribution in [0.15, 0.2) is 24.3 Å². The van der Waals surface area contributed by atoms with Gasteiger partial charge in [0.1, 0.15) is 6.04 Å². The second-order valence-corrected chi connectivity index (χ2v) is 5.80. The number of aryl methyl sites for hydroxylation is 1. The summed E-state index contributed by atoms with van der Waals surface area (Å²) >= 11 is 1.47. The molecule has 1 aliphatic rings. The summed E-state index contributed by atoms with van der Waals surface area (Å²) in [6, 6.07) is 6.83. The molecule has 2 N–H and O–H groups in total. The summed E-state index contributed by atoms with van der Waals surface area (Å²) in [7, 11) is 0. The maximum Gasteiger partial charge on any atom is 0.327 e. The van der Waals surface area contributed by atoms with Gasteiger partial charge in [0, 0.05) is 22.3 Å². The fraction of sp³-hybridized carbons (Fsp3) is 0.286. The number of nitrogens with one attached hydrogen (secondary N) is 1. The number of hydrogen-bond donors (Lipinski definition) is 2. The maximum atomic E-state index is 12.7. The van der Waals surface area contributed by atoms with Crippen LogP contribution in [0.4, 0.5) is 0 Å². The molecule has 0 aliphatic carbocycles. The van der Waals surface area contributed by atoms with E-state index in [1.54, 1.807) is 0 Å². The lowest BCUT2D eigenvalue weighted by molar-refractivity contribution is -0.140. The van der Waals surface area contributed by atoms with Gasteiger partial charge in [-0.15, -0.1) is 11.8 Å². The van der Waals surface area contributed by atoms with Gasteiger partial charge in [0.15, 0.2) is 0 Å². The number of benzene rings is 1. The number of nitrogens with zero attached hydrogens (tertiary/aromatic N) is 1. The van der Waals surface area contributed by atoms with Crippen molar-refractivity contribution in [3.05, 3.63) is 35.5 Å². The molecule has 0 spiro atoms. The van der Waals surface area contributed by atoms with Crippen LogP contribution in [0.25, 0.3) is 10.9 Å². The Labute approximate surface area is 120 Å². The van der Waals surface area contributed by atoms with Crippen LogP contribution in [0.5, 0.6) is 0 Å². The van der Waals surface area contributed by atoms with Crippen LogP contribution in [-0.2, 0) is 4.79 Å². The average molecular weight is 290 g/mol. The smallest absolute Gasteiger partial charge is 0.327 e. The second-order valence-electron chi connectivity index (χ2n) is 4.80. The van der Waals surface area contributed by atoms with Crippen molar-refractivity contribution in [1.82, 2.24) is 9.88 Å². The van der Waals surface area contributed by atoms with Gasteiger partial charge in [-0.3, -0.25) is 4.79 Å². The number of carboxylic acids is 1. The monoisotopic (exact) mass is 290 g/mol. The van der Waals surface area contributed by atoms with Crippen LogP contribution < -0.4 is 0 Å². The predicted molar refractivity (Wildman–Crippen MR) is 78.0 cm³/mol. The lowest BCUT2D eigenvalue weighted by atomic mass is 10.1. The zero-order chi connectivity index (χ0) is 14.3. The van der Waals surface area contributed by atoms with Gasteiger partial charge in [-0.05, 0) is 13.0 Å². The number of carbonyl (C=O) groups is 2. The van der Waals surface area contributed by atoms with E-state index in [1.165, 1.54) is 16.7 Å². The molecule has 104 valence electrons. The van der Waals surface area contributed by atoms with Crippen molar-refractivity contribution in [3.63, 3.8) is 0 Å². The number of amides is 1. The molecule has 1 unspecified atom stereocenters. The molecule has 1 aromatic carbocycles. The molecule has 20 heavy (non-hydrogen) atoms. The Kier molecular flexibility index (Phi) is 3.17. The van der Waals surface area contributed by atoms with Crippen LogP contribution in [0, 0.1) is 6.92 Å². The van der Waals surface area contributed by atoms with Crippen molar-refractivity contribution in [3.8, 4) is 0 Å². The largest absolute Gasteiger partial charge is 0.480 e. The van der Waals surface area contributed by atoms with Gasteiger partial charge in [-0.25, -0.2) is 4.79 Å². The topological polar surface area (TPSA) is 73.4 Å². The first-order chi connectivity index (χ1) is 9.59. The van der Waals surface area contributed by atoms with Gasteiger partial charge in [-0.1, -0.05) is 18.2 Å². The number of carbonyl (C=O) groups excluding carboxylic acids is 1. The highest BCUT2D eigenvalue weighted by Crippen LogP contribution is 2.28. The van der Waals surface area contributed by atoms with E-state index in [1.807, 2.05) is 31.2 Å². The molecule has 1 fully saturated rings. The number of H-pyrrole nitrogens is 1. The van der Waals surface area contributed by atoms with E-state index in [0.717, 1.165) is 16.6 Å². The standard InChI is InChI=1S/C14H14N2O3S/c1-8-12(9-4-2-3-5-10(9)15-8)13(17)16-7-20-6-11(16)14(18)19/h2-5,11,15H,6-7H2,1H3,(H,18,19). The van der Waals surface area contributed by atoms with E-state index in [0.29, 0.717) is 17.2 Å². The van der Waals surface area contributed by atoms with Crippen molar-refractivity contribution in [2.45, 2.75) is 13.0 Å². The molecule has 1 aliphatic heterocycles. The molecular weight excluding hydrogens is 276 g/mol. The first-order valence-electron chi connectivity index (χ1n) is 6.28. The number of thioether (sulfide) groups is 1. The number of aliphatic carboxylic acids is 1. The van der Waals surface area contributed by atoms with Crippen LogP contribution >= 0.6 is 11.8 Å². The highest BCUT2D eigenvalue weighted by molar-refractivity contribution is 7.99. The first-order valence-corrected chi connectivity index (χ1v) is 7.44. The third-order valence-electron chi connectivity index (χ3n) is 3.54. The van der Waals surface area contributed by atoms with Crippen molar-refractivity contribution < 1.29 is 14.7 Å². The third kappa shape index (κ3) is 1.96. The second kappa shape index (κ2) is 4.86. The number of hydrogen-bond acceptors (Lipinski definition) is 3. The van der Waals surface area contributed by atoms with E-state index < -0.39 is 12.0 Å². The number of fused-ring (bicyclic) bond motifs is 1. The quantitative estimate of drug-likeness (QED) is 0.888. The Bertz CT molecular complexity index is 695. The molecule has 2 heterocycles. The molecule has 1 saturated heterocycles. The third-order valence-corrected chi connectivity index (χ3v) is 4.55. The minimum Gasteiger partial charge on any atom is -0.480 e. The summed E-state index contributed by atoms with van der Waals surface area (Å²) in [4.78, 5) is 28.5. The molecule has 6 heteroatoms. The Morgan fingerprint density at radius 3 is 2.90 bits per heavy atom. The predicted octanol–water partition coefficient (Wildman–Crippen LogP) is 2.08. The van der Waals surface area contributed by atoms with Crippen LogP contribution in [0.2, 0.25) is 0 Å². The number of aromatic nitrogens is 1. The van der Waals surface area contributed by atoms with Gasteiger partial charge >= 0.3 is 5.97 Å². The van der Waals surface area contributed by atoms with Crippen molar-refractivity contribution in [1.29, 1.82) is 0 Å². The summed E-state index contributed by atoms with van der Waals surface area (Å²) in [5.41, 5.74) is 2.25. The van der Waals surface area contributed by atoms with Crippen LogP contribution in [-0.4, -0.2) is 44.5 Å². The number of rotatable bonds is 2. The minimum absolute atomic E-state index is 0.211. The van der Waals surface area contributed by atoms with Crippen LogP contribution in [0.1, 0.15) is 16.1 Å². The zero-order valence-corrected chi connectivity index (χ0v) is 11.7. The molecule has 2 aromatic rings. The molecule has 0 radical (unpaired) electrons. The lowest BCUT2D eigenvalue weighted by Gasteiger charge is -2.20. The fourth-order valence-electron chi connectivity index (χ4n) is 2.54. The van der Waals surface area contributed by atoms with Gasteiger partial charge < -0.3 is 15.0 Å². The molecule has 0 saturated carbocycles.